The van der Waals surface area contributed by atoms with Gasteiger partial charge in [0.2, 0.25) is 11.8 Å². The number of hydrogen-bond acceptors (Lipinski definition) is 5. The molecule has 176 valence electrons. The number of nitrogens with one attached hydrogen (secondary N) is 3. The maximum absolute atomic E-state index is 13.2. The van der Waals surface area contributed by atoms with E-state index in [1.54, 1.807) is 18.2 Å². The molecule has 0 radical (unpaired) electrons. The van der Waals surface area contributed by atoms with Gasteiger partial charge in [-0.2, -0.15) is 13.2 Å². The molecule has 8 nitrogen and oxygen atoms in total. The number of hydrogen-bond donors (Lipinski definition) is 3. The van der Waals surface area contributed by atoms with Crippen molar-refractivity contribution in [2.24, 2.45) is 0 Å². The molecule has 5 amide bonds. The number of anilines is 2. The molecule has 0 saturated carbocycles. The fourth-order valence-corrected chi connectivity index (χ4v) is 5.34. The fraction of sp³-hybridized carbons (Fsp3) is 0.273. The standard InChI is InChI=1S/C22H17F3N4O4S/c23-22(24,25)13-2-4-16-15(6-13)29(18(31)10-34-16)9-17(30)26-14-3-1-11-7-21(8-12(11)5-14)19(32)27-20(33)28-21/h1-6H,7-10H2,(H,26,30)(H2,27,28,32,33). The molecular formula is C22H17F3N4O4S. The van der Waals surface area contributed by atoms with E-state index in [0.29, 0.717) is 17.0 Å². The first kappa shape index (κ1) is 22.3. The number of fused-ring (bicyclic) bond motifs is 2. The summed E-state index contributed by atoms with van der Waals surface area (Å²) in [6.45, 7) is -0.451. The van der Waals surface area contributed by atoms with E-state index in [1.165, 1.54) is 6.07 Å². The Labute approximate surface area is 195 Å². The third kappa shape index (κ3) is 3.87. The van der Waals surface area contributed by atoms with Gasteiger partial charge in [0.25, 0.3) is 5.91 Å². The Morgan fingerprint density at radius 1 is 1.09 bits per heavy atom. The predicted molar refractivity (Wildman–Crippen MR) is 116 cm³/mol. The highest BCUT2D eigenvalue weighted by Crippen LogP contribution is 2.40. The number of amides is 5. The molecule has 2 heterocycles. The molecule has 1 unspecified atom stereocenters. The molecule has 1 fully saturated rings. The Balaban J connectivity index is 1.32. The minimum absolute atomic E-state index is 0.0142. The zero-order valence-corrected chi connectivity index (χ0v) is 18.2. The van der Waals surface area contributed by atoms with Crippen LogP contribution in [0.25, 0.3) is 0 Å². The van der Waals surface area contributed by atoms with Gasteiger partial charge in [0.05, 0.1) is 17.0 Å². The highest BCUT2D eigenvalue weighted by Gasteiger charge is 2.50. The summed E-state index contributed by atoms with van der Waals surface area (Å²) in [6.07, 6.45) is -3.99. The Bertz CT molecular complexity index is 1270. The summed E-state index contributed by atoms with van der Waals surface area (Å²) < 4.78 is 39.5. The Morgan fingerprint density at radius 2 is 1.85 bits per heavy atom. The van der Waals surface area contributed by atoms with Gasteiger partial charge in [-0.05, 0) is 41.5 Å². The lowest BCUT2D eigenvalue weighted by molar-refractivity contribution is -0.137. The molecule has 3 N–H and O–H groups in total. The van der Waals surface area contributed by atoms with Crippen LogP contribution in [0.1, 0.15) is 16.7 Å². The van der Waals surface area contributed by atoms with E-state index in [4.69, 9.17) is 0 Å². The first-order chi connectivity index (χ1) is 16.0. The smallest absolute Gasteiger partial charge is 0.325 e. The molecule has 34 heavy (non-hydrogen) atoms. The average Bonchev–Trinajstić information content (AvgIpc) is 3.26. The second-order valence-electron chi connectivity index (χ2n) is 8.32. The van der Waals surface area contributed by atoms with Crippen molar-refractivity contribution in [1.82, 2.24) is 10.6 Å². The summed E-state index contributed by atoms with van der Waals surface area (Å²) in [5, 5.41) is 7.55. The van der Waals surface area contributed by atoms with Crippen molar-refractivity contribution in [2.75, 3.05) is 22.5 Å². The molecule has 2 aliphatic heterocycles. The Hall–Kier alpha value is -3.54. The van der Waals surface area contributed by atoms with Gasteiger partial charge >= 0.3 is 12.2 Å². The van der Waals surface area contributed by atoms with E-state index in [0.717, 1.165) is 39.9 Å². The number of nitrogens with zero attached hydrogens (tertiary/aromatic N) is 1. The summed E-state index contributed by atoms with van der Waals surface area (Å²) in [5.74, 6) is -1.44. The molecule has 5 rings (SSSR count). The molecule has 12 heteroatoms. The van der Waals surface area contributed by atoms with Crippen molar-refractivity contribution < 1.29 is 32.3 Å². The molecule has 1 spiro atoms. The van der Waals surface area contributed by atoms with Crippen molar-refractivity contribution >= 4 is 46.9 Å². The van der Waals surface area contributed by atoms with Gasteiger partial charge in [-0.1, -0.05) is 6.07 Å². The van der Waals surface area contributed by atoms with Crippen LogP contribution in [0.5, 0.6) is 0 Å². The third-order valence-electron chi connectivity index (χ3n) is 6.02. The van der Waals surface area contributed by atoms with Gasteiger partial charge in [0.15, 0.2) is 0 Å². The van der Waals surface area contributed by atoms with Gasteiger partial charge in [0, 0.05) is 23.4 Å². The summed E-state index contributed by atoms with van der Waals surface area (Å²) in [7, 11) is 0. The Kier molecular flexibility index (Phi) is 5.08. The molecule has 0 bridgehead atoms. The van der Waals surface area contributed by atoms with Crippen molar-refractivity contribution in [1.29, 1.82) is 0 Å². The minimum atomic E-state index is -4.58. The van der Waals surface area contributed by atoms with Crippen molar-refractivity contribution in [3.8, 4) is 0 Å². The molecule has 0 aromatic heterocycles. The van der Waals surface area contributed by atoms with Crippen molar-refractivity contribution in [3.63, 3.8) is 0 Å². The number of carbonyl (C=O) groups is 4. The number of halogens is 3. The zero-order valence-electron chi connectivity index (χ0n) is 17.4. The molecule has 1 aliphatic carbocycles. The molecule has 2 aromatic carbocycles. The number of benzene rings is 2. The second-order valence-corrected chi connectivity index (χ2v) is 9.34. The maximum Gasteiger partial charge on any atom is 0.416 e. The predicted octanol–water partition coefficient (Wildman–Crippen LogP) is 2.46. The van der Waals surface area contributed by atoms with Crippen LogP contribution in [0.3, 0.4) is 0 Å². The van der Waals surface area contributed by atoms with E-state index < -0.39 is 47.6 Å². The van der Waals surface area contributed by atoms with E-state index in [1.807, 2.05) is 0 Å². The second kappa shape index (κ2) is 7.76. The zero-order chi connectivity index (χ0) is 24.3. The normalized spacial score (nSPS) is 21.3. The molecule has 3 aliphatic rings. The van der Waals surface area contributed by atoms with Gasteiger partial charge in [-0.3, -0.25) is 19.7 Å². The number of urea groups is 1. The lowest BCUT2D eigenvalue weighted by Crippen LogP contribution is -2.47. The maximum atomic E-state index is 13.2. The third-order valence-corrected chi connectivity index (χ3v) is 7.07. The summed E-state index contributed by atoms with van der Waals surface area (Å²) >= 11 is 1.12. The van der Waals surface area contributed by atoms with Crippen LogP contribution in [0.2, 0.25) is 0 Å². The summed E-state index contributed by atoms with van der Waals surface area (Å²) in [6, 6.07) is 7.63. The van der Waals surface area contributed by atoms with Crippen LogP contribution in [0.4, 0.5) is 29.3 Å². The molecule has 1 atom stereocenters. The van der Waals surface area contributed by atoms with Crippen LogP contribution in [0, 0.1) is 0 Å². The van der Waals surface area contributed by atoms with Crippen LogP contribution in [-0.4, -0.2) is 41.6 Å². The SMILES string of the molecule is O=C(CN1C(=O)CSc2ccc(C(F)(F)F)cc21)Nc1ccc2c(c1)CC1(C2)NC(=O)NC1=O. The van der Waals surface area contributed by atoms with Crippen molar-refractivity contribution in [3.05, 3.63) is 53.1 Å². The first-order valence-corrected chi connectivity index (χ1v) is 11.2. The summed E-state index contributed by atoms with van der Waals surface area (Å²) in [5.41, 5.74) is 0.147. The van der Waals surface area contributed by atoms with Crippen LogP contribution < -0.4 is 20.9 Å². The van der Waals surface area contributed by atoms with Crippen molar-refractivity contribution in [2.45, 2.75) is 29.5 Å². The topological polar surface area (TPSA) is 108 Å². The first-order valence-electron chi connectivity index (χ1n) is 10.2. The fourth-order valence-electron chi connectivity index (χ4n) is 4.43. The number of rotatable bonds is 3. The number of alkyl halides is 3. The monoisotopic (exact) mass is 490 g/mol. The quantitative estimate of drug-likeness (QED) is 0.573. The van der Waals surface area contributed by atoms with E-state index in [2.05, 4.69) is 16.0 Å². The van der Waals surface area contributed by atoms with Crippen LogP contribution in [0.15, 0.2) is 41.3 Å². The largest absolute Gasteiger partial charge is 0.416 e. The van der Waals surface area contributed by atoms with Crippen LogP contribution >= 0.6 is 11.8 Å². The highest BCUT2D eigenvalue weighted by atomic mass is 32.2. The lowest BCUT2D eigenvalue weighted by atomic mass is 9.96. The minimum Gasteiger partial charge on any atom is -0.325 e. The summed E-state index contributed by atoms with van der Waals surface area (Å²) in [4.78, 5) is 50.4. The molecule has 2 aromatic rings. The Morgan fingerprint density at radius 3 is 2.56 bits per heavy atom. The van der Waals surface area contributed by atoms with E-state index in [9.17, 15) is 32.3 Å². The number of carbonyl (C=O) groups excluding carboxylic acids is 4. The molecular weight excluding hydrogens is 473 g/mol. The number of imide groups is 1. The van der Waals surface area contributed by atoms with E-state index >= 15 is 0 Å². The lowest BCUT2D eigenvalue weighted by Gasteiger charge is -2.29. The van der Waals surface area contributed by atoms with Gasteiger partial charge in [0.1, 0.15) is 12.1 Å². The average molecular weight is 490 g/mol. The van der Waals surface area contributed by atoms with E-state index in [-0.39, 0.29) is 17.9 Å². The molecule has 1 saturated heterocycles. The van der Waals surface area contributed by atoms with Crippen LogP contribution in [-0.2, 0) is 33.4 Å². The van der Waals surface area contributed by atoms with Gasteiger partial charge in [-0.25, -0.2) is 4.79 Å². The highest BCUT2D eigenvalue weighted by molar-refractivity contribution is 8.00. The van der Waals surface area contributed by atoms with Gasteiger partial charge in [-0.15, -0.1) is 11.8 Å². The number of thioether (sulfide) groups is 1. The van der Waals surface area contributed by atoms with Gasteiger partial charge < -0.3 is 15.5 Å².